The summed E-state index contributed by atoms with van der Waals surface area (Å²) in [7, 11) is 0. The van der Waals surface area contributed by atoms with E-state index in [0.717, 1.165) is 18.4 Å². The molecule has 1 unspecified atom stereocenters. The van der Waals surface area contributed by atoms with Gasteiger partial charge in [0.2, 0.25) is 0 Å². The van der Waals surface area contributed by atoms with Crippen LogP contribution in [0.5, 0.6) is 5.75 Å². The number of carboxylic acids is 1. The van der Waals surface area contributed by atoms with Gasteiger partial charge in [0, 0.05) is 5.69 Å². The lowest BCUT2D eigenvalue weighted by Crippen LogP contribution is -2.43. The molecular formula is C20H22N2O3. The van der Waals surface area contributed by atoms with Crippen LogP contribution in [0.3, 0.4) is 0 Å². The van der Waals surface area contributed by atoms with Crippen LogP contribution in [0.15, 0.2) is 42.5 Å². The van der Waals surface area contributed by atoms with Gasteiger partial charge >= 0.3 is 5.97 Å². The second-order valence-corrected chi connectivity index (χ2v) is 6.02. The molecule has 0 fully saturated rings. The first-order valence-electron chi connectivity index (χ1n) is 8.30. The van der Waals surface area contributed by atoms with Crippen LogP contribution in [-0.4, -0.2) is 16.2 Å². The number of phenols is 1. The maximum absolute atomic E-state index is 12.2. The van der Waals surface area contributed by atoms with Gasteiger partial charge in [-0.1, -0.05) is 26.3 Å². The Kier molecular flexibility index (Phi) is 5.66. The van der Waals surface area contributed by atoms with Gasteiger partial charge < -0.3 is 15.5 Å². The normalized spacial score (nSPS) is 12.8. The number of carboxylic acid groups (broad SMARTS) is 1. The first-order chi connectivity index (χ1) is 11.9. The van der Waals surface area contributed by atoms with E-state index in [-0.39, 0.29) is 12.2 Å². The Hall–Kier alpha value is -3.00. The van der Waals surface area contributed by atoms with Crippen LogP contribution in [0.4, 0.5) is 5.69 Å². The molecule has 0 spiro atoms. The number of benzene rings is 2. The minimum absolute atomic E-state index is 0.0571. The molecule has 5 nitrogen and oxygen atoms in total. The van der Waals surface area contributed by atoms with Crippen molar-refractivity contribution < 1.29 is 15.0 Å². The van der Waals surface area contributed by atoms with E-state index in [1.165, 1.54) is 6.07 Å². The highest BCUT2D eigenvalue weighted by Crippen LogP contribution is 2.33. The van der Waals surface area contributed by atoms with Crippen LogP contribution in [0, 0.1) is 11.3 Å². The predicted octanol–water partition coefficient (Wildman–Crippen LogP) is 4.02. The van der Waals surface area contributed by atoms with Crippen LogP contribution in [0.25, 0.3) is 0 Å². The number of anilines is 1. The summed E-state index contributed by atoms with van der Waals surface area (Å²) >= 11 is 0. The Bertz CT molecular complexity index is 794. The number of carbonyl (C=O) groups is 1. The number of hydrogen-bond acceptors (Lipinski definition) is 4. The maximum Gasteiger partial charge on any atom is 0.334 e. The second-order valence-electron chi connectivity index (χ2n) is 6.02. The van der Waals surface area contributed by atoms with Crippen molar-refractivity contribution in [3.63, 3.8) is 0 Å². The Morgan fingerprint density at radius 3 is 2.40 bits per heavy atom. The lowest BCUT2D eigenvalue weighted by molar-refractivity contribution is -0.142. The Morgan fingerprint density at radius 1 is 1.20 bits per heavy atom. The molecule has 0 aliphatic rings. The van der Waals surface area contributed by atoms with Crippen LogP contribution >= 0.6 is 0 Å². The molecule has 0 bridgehead atoms. The molecule has 0 saturated carbocycles. The van der Waals surface area contributed by atoms with Crippen molar-refractivity contribution in [2.45, 2.75) is 38.6 Å². The minimum Gasteiger partial charge on any atom is -0.508 e. The summed E-state index contributed by atoms with van der Waals surface area (Å²) in [4.78, 5) is 12.2. The summed E-state index contributed by atoms with van der Waals surface area (Å²) < 4.78 is 0. The van der Waals surface area contributed by atoms with Crippen molar-refractivity contribution >= 4 is 11.7 Å². The van der Waals surface area contributed by atoms with Crippen molar-refractivity contribution in [3.05, 3.63) is 59.2 Å². The van der Waals surface area contributed by atoms with Gasteiger partial charge in [-0.15, -0.1) is 0 Å². The van der Waals surface area contributed by atoms with E-state index >= 15 is 0 Å². The molecule has 1 atom stereocenters. The number of nitriles is 1. The Balaban J connectivity index is 2.50. The van der Waals surface area contributed by atoms with Gasteiger partial charge in [-0.05, 0) is 60.4 Å². The monoisotopic (exact) mass is 338 g/mol. The molecule has 130 valence electrons. The fraction of sp³-hybridized carbons (Fsp3) is 0.300. The van der Waals surface area contributed by atoms with E-state index < -0.39 is 11.5 Å². The largest absolute Gasteiger partial charge is 0.508 e. The maximum atomic E-state index is 12.2. The molecule has 2 aromatic carbocycles. The van der Waals surface area contributed by atoms with Gasteiger partial charge in [-0.3, -0.25) is 0 Å². The third-order valence-corrected chi connectivity index (χ3v) is 4.28. The summed E-state index contributed by atoms with van der Waals surface area (Å²) in [6, 6.07) is 13.7. The van der Waals surface area contributed by atoms with Crippen molar-refractivity contribution in [1.82, 2.24) is 0 Å². The number of nitrogens with zero attached hydrogens (tertiary/aromatic N) is 1. The van der Waals surface area contributed by atoms with Gasteiger partial charge in [-0.2, -0.15) is 5.26 Å². The number of aromatic hydroxyl groups is 1. The van der Waals surface area contributed by atoms with Crippen LogP contribution in [-0.2, 0) is 16.8 Å². The summed E-state index contributed by atoms with van der Waals surface area (Å²) in [5.41, 5.74) is 1.15. The smallest absolute Gasteiger partial charge is 0.334 e. The highest BCUT2D eigenvalue weighted by atomic mass is 16.4. The number of aliphatic carboxylic acids is 1. The number of nitrogens with one attached hydrogen (secondary N) is 1. The standard InChI is InChI=1S/C20H22N2O3/c1-3-5-15-10-16(12-18(23)11-15)20(4-2,19(24)25)22-17-8-6-14(13-21)7-9-17/h6-12,22-23H,3-5H2,1-2H3,(H,24,25). The predicted molar refractivity (Wildman–Crippen MR) is 96.5 cm³/mol. The molecule has 3 N–H and O–H groups in total. The molecule has 0 aliphatic carbocycles. The van der Waals surface area contributed by atoms with Gasteiger partial charge in [0.1, 0.15) is 5.75 Å². The molecule has 0 saturated heterocycles. The van der Waals surface area contributed by atoms with Gasteiger partial charge in [-0.25, -0.2) is 4.79 Å². The zero-order valence-corrected chi connectivity index (χ0v) is 14.4. The molecule has 5 heteroatoms. The molecule has 2 rings (SSSR count). The van der Waals surface area contributed by atoms with Crippen LogP contribution in [0.2, 0.25) is 0 Å². The SMILES string of the molecule is CCCc1cc(O)cc(C(CC)(Nc2ccc(C#N)cc2)C(=O)O)c1. The van der Waals surface area contributed by atoms with E-state index in [0.29, 0.717) is 16.8 Å². The van der Waals surface area contributed by atoms with E-state index in [9.17, 15) is 15.0 Å². The van der Waals surface area contributed by atoms with Crippen molar-refractivity contribution in [2.75, 3.05) is 5.32 Å². The summed E-state index contributed by atoms with van der Waals surface area (Å²) in [5.74, 6) is -0.964. The lowest BCUT2D eigenvalue weighted by Gasteiger charge is -2.31. The number of aryl methyl sites for hydroxylation is 1. The average molecular weight is 338 g/mol. The second kappa shape index (κ2) is 7.71. The van der Waals surface area contributed by atoms with E-state index in [1.807, 2.05) is 19.1 Å². The van der Waals surface area contributed by atoms with Gasteiger partial charge in [0.25, 0.3) is 0 Å². The number of rotatable bonds is 7. The number of phenolic OH excluding ortho intramolecular Hbond substituents is 1. The molecular weight excluding hydrogens is 316 g/mol. The Labute approximate surface area is 147 Å². The zero-order chi connectivity index (χ0) is 18.4. The van der Waals surface area contributed by atoms with Gasteiger partial charge in [0.05, 0.1) is 11.6 Å². The highest BCUT2D eigenvalue weighted by molar-refractivity contribution is 5.85. The van der Waals surface area contributed by atoms with Crippen LogP contribution < -0.4 is 5.32 Å². The summed E-state index contributed by atoms with van der Waals surface area (Å²) in [5, 5.41) is 32.0. The lowest BCUT2D eigenvalue weighted by atomic mass is 9.85. The molecule has 0 amide bonds. The summed E-state index contributed by atoms with van der Waals surface area (Å²) in [6.45, 7) is 3.82. The quantitative estimate of drug-likeness (QED) is 0.709. The zero-order valence-electron chi connectivity index (χ0n) is 14.4. The molecule has 2 aromatic rings. The molecule has 0 heterocycles. The topological polar surface area (TPSA) is 93.4 Å². The number of hydrogen-bond donors (Lipinski definition) is 3. The third kappa shape index (κ3) is 3.92. The first kappa shape index (κ1) is 18.3. The summed E-state index contributed by atoms with van der Waals surface area (Å²) in [6.07, 6.45) is 1.95. The van der Waals surface area contributed by atoms with Crippen molar-refractivity contribution in [1.29, 1.82) is 5.26 Å². The molecule has 25 heavy (non-hydrogen) atoms. The van der Waals surface area contributed by atoms with Crippen LogP contribution in [0.1, 0.15) is 43.4 Å². The highest BCUT2D eigenvalue weighted by Gasteiger charge is 2.39. The minimum atomic E-state index is -1.37. The molecule has 0 aliphatic heterocycles. The molecule has 0 radical (unpaired) electrons. The van der Waals surface area contributed by atoms with E-state index in [4.69, 9.17) is 5.26 Å². The van der Waals surface area contributed by atoms with Crippen molar-refractivity contribution in [3.8, 4) is 11.8 Å². The van der Waals surface area contributed by atoms with E-state index in [1.54, 1.807) is 37.3 Å². The van der Waals surface area contributed by atoms with E-state index in [2.05, 4.69) is 5.32 Å². The van der Waals surface area contributed by atoms with Crippen molar-refractivity contribution in [2.24, 2.45) is 0 Å². The average Bonchev–Trinajstić information content (AvgIpc) is 2.59. The third-order valence-electron chi connectivity index (χ3n) is 4.28. The first-order valence-corrected chi connectivity index (χ1v) is 8.30. The Morgan fingerprint density at radius 2 is 1.88 bits per heavy atom. The molecule has 0 aromatic heterocycles. The fourth-order valence-electron chi connectivity index (χ4n) is 2.92. The fourth-order valence-corrected chi connectivity index (χ4v) is 2.92. The van der Waals surface area contributed by atoms with Gasteiger partial charge in [0.15, 0.2) is 5.54 Å².